The molecule has 1 heterocycles. The van der Waals surface area contributed by atoms with Gasteiger partial charge in [-0.3, -0.25) is 4.98 Å². The van der Waals surface area contributed by atoms with E-state index in [1.165, 1.54) is 0 Å². The molecule has 0 fully saturated rings. The highest BCUT2D eigenvalue weighted by atomic mass is 16.5. The molecule has 0 unspecified atom stereocenters. The average molecular weight is 229 g/mol. The minimum absolute atomic E-state index is 0.199. The first-order valence-corrected chi connectivity index (χ1v) is 5.73. The molecule has 1 aromatic carbocycles. The molecular formula is C14H15NO2. The standard InChI is InChI=1S/C14H15NO2/c1-11(16)5-4-10-17-13-8-2-6-12-7-3-9-15-14(12)13/h2-3,6-9H,4-5,10H2,1H3. The molecule has 0 N–H and O–H groups in total. The van der Waals surface area contributed by atoms with Gasteiger partial charge in [0.2, 0.25) is 0 Å². The van der Waals surface area contributed by atoms with Gasteiger partial charge in [0, 0.05) is 18.0 Å². The van der Waals surface area contributed by atoms with Crippen LogP contribution in [0.15, 0.2) is 36.5 Å². The molecular weight excluding hydrogens is 214 g/mol. The molecule has 3 nitrogen and oxygen atoms in total. The van der Waals surface area contributed by atoms with Gasteiger partial charge >= 0.3 is 0 Å². The molecule has 1 aromatic heterocycles. The molecule has 2 rings (SSSR count). The third-order valence-corrected chi connectivity index (χ3v) is 2.53. The minimum Gasteiger partial charge on any atom is -0.491 e. The van der Waals surface area contributed by atoms with Crippen molar-refractivity contribution in [2.45, 2.75) is 19.8 Å². The number of hydrogen-bond acceptors (Lipinski definition) is 3. The van der Waals surface area contributed by atoms with Crippen molar-refractivity contribution in [2.75, 3.05) is 6.61 Å². The summed E-state index contributed by atoms with van der Waals surface area (Å²) in [6.45, 7) is 2.15. The van der Waals surface area contributed by atoms with Crippen molar-refractivity contribution in [3.63, 3.8) is 0 Å². The number of aromatic nitrogens is 1. The number of Topliss-reactive ketones (excluding diaryl/α,β-unsaturated/α-hetero) is 1. The van der Waals surface area contributed by atoms with Crippen LogP contribution in [0.5, 0.6) is 5.75 Å². The number of hydrogen-bond donors (Lipinski definition) is 0. The molecule has 88 valence electrons. The Bertz CT molecular complexity index is 517. The summed E-state index contributed by atoms with van der Waals surface area (Å²) in [5.41, 5.74) is 0.873. The van der Waals surface area contributed by atoms with Crippen LogP contribution >= 0.6 is 0 Å². The van der Waals surface area contributed by atoms with Crippen LogP contribution in [0.1, 0.15) is 19.8 Å². The van der Waals surface area contributed by atoms with Gasteiger partial charge in [0.05, 0.1) is 6.61 Å². The summed E-state index contributed by atoms with van der Waals surface area (Å²) in [6, 6.07) is 9.77. The molecule has 0 spiro atoms. The summed E-state index contributed by atoms with van der Waals surface area (Å²) in [4.78, 5) is 15.1. The Balaban J connectivity index is 2.05. The molecule has 3 heteroatoms. The van der Waals surface area contributed by atoms with Crippen molar-refractivity contribution in [2.24, 2.45) is 0 Å². The van der Waals surface area contributed by atoms with Crippen LogP contribution in [0.3, 0.4) is 0 Å². The van der Waals surface area contributed by atoms with Crippen LogP contribution in [-0.4, -0.2) is 17.4 Å². The van der Waals surface area contributed by atoms with Crippen molar-refractivity contribution >= 4 is 16.7 Å². The largest absolute Gasteiger partial charge is 0.491 e. The van der Waals surface area contributed by atoms with Crippen LogP contribution in [0.4, 0.5) is 0 Å². The zero-order valence-corrected chi connectivity index (χ0v) is 9.85. The van der Waals surface area contributed by atoms with E-state index < -0.39 is 0 Å². The number of carbonyl (C=O) groups excluding carboxylic acids is 1. The van der Waals surface area contributed by atoms with Crippen molar-refractivity contribution in [3.05, 3.63) is 36.5 Å². The zero-order chi connectivity index (χ0) is 12.1. The summed E-state index contributed by atoms with van der Waals surface area (Å²) < 4.78 is 5.65. The van der Waals surface area contributed by atoms with Gasteiger partial charge in [0.25, 0.3) is 0 Å². The Kier molecular flexibility index (Phi) is 3.70. The van der Waals surface area contributed by atoms with Gasteiger partial charge in [-0.15, -0.1) is 0 Å². The van der Waals surface area contributed by atoms with E-state index >= 15 is 0 Å². The third kappa shape index (κ3) is 3.03. The van der Waals surface area contributed by atoms with E-state index in [9.17, 15) is 4.79 Å². The Morgan fingerprint density at radius 2 is 2.12 bits per heavy atom. The maximum absolute atomic E-state index is 10.8. The third-order valence-electron chi connectivity index (χ3n) is 2.53. The van der Waals surface area contributed by atoms with Crippen LogP contribution in [0, 0.1) is 0 Å². The van der Waals surface area contributed by atoms with Gasteiger partial charge in [0.15, 0.2) is 0 Å². The Labute approximate surface area is 100 Å². The molecule has 0 radical (unpaired) electrons. The van der Waals surface area contributed by atoms with E-state index in [4.69, 9.17) is 4.74 Å². The lowest BCUT2D eigenvalue weighted by Gasteiger charge is -2.07. The molecule has 0 amide bonds. The van der Waals surface area contributed by atoms with Crippen molar-refractivity contribution in [3.8, 4) is 5.75 Å². The summed E-state index contributed by atoms with van der Waals surface area (Å²) >= 11 is 0. The van der Waals surface area contributed by atoms with Crippen molar-refractivity contribution in [1.82, 2.24) is 4.98 Å². The first-order chi connectivity index (χ1) is 8.27. The lowest BCUT2D eigenvalue weighted by molar-refractivity contribution is -0.117. The zero-order valence-electron chi connectivity index (χ0n) is 9.85. The number of pyridine rings is 1. The number of carbonyl (C=O) groups is 1. The Morgan fingerprint density at radius 1 is 1.29 bits per heavy atom. The van der Waals surface area contributed by atoms with E-state index in [-0.39, 0.29) is 5.78 Å². The maximum Gasteiger partial charge on any atom is 0.145 e. The van der Waals surface area contributed by atoms with Gasteiger partial charge in [-0.2, -0.15) is 0 Å². The van der Waals surface area contributed by atoms with Gasteiger partial charge < -0.3 is 9.53 Å². The molecule has 2 aromatic rings. The molecule has 17 heavy (non-hydrogen) atoms. The van der Waals surface area contributed by atoms with Gasteiger partial charge in [-0.05, 0) is 25.5 Å². The van der Waals surface area contributed by atoms with E-state index in [0.29, 0.717) is 13.0 Å². The molecule has 0 saturated heterocycles. The fourth-order valence-electron chi connectivity index (χ4n) is 1.70. The molecule has 0 bridgehead atoms. The monoisotopic (exact) mass is 229 g/mol. The number of fused-ring (bicyclic) bond motifs is 1. The fourth-order valence-corrected chi connectivity index (χ4v) is 1.70. The summed E-state index contributed by atoms with van der Waals surface area (Å²) in [7, 11) is 0. The number of benzene rings is 1. The first-order valence-electron chi connectivity index (χ1n) is 5.73. The minimum atomic E-state index is 0.199. The lowest BCUT2D eigenvalue weighted by Crippen LogP contribution is -2.01. The highest BCUT2D eigenvalue weighted by Crippen LogP contribution is 2.22. The molecule has 0 aliphatic rings. The van der Waals surface area contributed by atoms with Crippen LogP contribution in [-0.2, 0) is 4.79 Å². The smallest absolute Gasteiger partial charge is 0.145 e. The average Bonchev–Trinajstić information content (AvgIpc) is 2.34. The molecule has 0 aliphatic heterocycles. The number of para-hydroxylation sites is 1. The predicted molar refractivity (Wildman–Crippen MR) is 67.2 cm³/mol. The summed E-state index contributed by atoms with van der Waals surface area (Å²) in [6.07, 6.45) is 3.07. The second kappa shape index (κ2) is 5.43. The quantitative estimate of drug-likeness (QED) is 0.740. The van der Waals surface area contributed by atoms with Crippen molar-refractivity contribution in [1.29, 1.82) is 0 Å². The van der Waals surface area contributed by atoms with Crippen LogP contribution < -0.4 is 4.74 Å². The van der Waals surface area contributed by atoms with E-state index in [0.717, 1.165) is 23.1 Å². The van der Waals surface area contributed by atoms with Crippen LogP contribution in [0.2, 0.25) is 0 Å². The van der Waals surface area contributed by atoms with E-state index in [1.807, 2.05) is 30.3 Å². The number of ether oxygens (including phenoxy) is 1. The SMILES string of the molecule is CC(=O)CCCOc1cccc2cccnc12. The lowest BCUT2D eigenvalue weighted by atomic mass is 10.2. The molecule has 0 saturated carbocycles. The summed E-state index contributed by atoms with van der Waals surface area (Å²) in [5, 5.41) is 1.07. The number of rotatable bonds is 5. The topological polar surface area (TPSA) is 39.2 Å². The second-order valence-electron chi connectivity index (χ2n) is 3.99. The van der Waals surface area contributed by atoms with E-state index in [1.54, 1.807) is 13.1 Å². The Morgan fingerprint density at radius 3 is 2.94 bits per heavy atom. The fraction of sp³-hybridized carbons (Fsp3) is 0.286. The number of ketones is 1. The first kappa shape index (κ1) is 11.6. The summed E-state index contributed by atoms with van der Waals surface area (Å²) in [5.74, 6) is 0.983. The van der Waals surface area contributed by atoms with E-state index in [2.05, 4.69) is 4.98 Å². The second-order valence-corrected chi connectivity index (χ2v) is 3.99. The number of nitrogens with zero attached hydrogens (tertiary/aromatic N) is 1. The van der Waals surface area contributed by atoms with Gasteiger partial charge in [0.1, 0.15) is 17.0 Å². The maximum atomic E-state index is 10.8. The van der Waals surface area contributed by atoms with Gasteiger partial charge in [-0.1, -0.05) is 18.2 Å². The van der Waals surface area contributed by atoms with Crippen LogP contribution in [0.25, 0.3) is 10.9 Å². The predicted octanol–water partition coefficient (Wildman–Crippen LogP) is 2.98. The Hall–Kier alpha value is -1.90. The molecule has 0 aliphatic carbocycles. The highest BCUT2D eigenvalue weighted by molar-refractivity contribution is 5.84. The van der Waals surface area contributed by atoms with Crippen molar-refractivity contribution < 1.29 is 9.53 Å². The van der Waals surface area contributed by atoms with Gasteiger partial charge in [-0.25, -0.2) is 0 Å². The highest BCUT2D eigenvalue weighted by Gasteiger charge is 2.02. The molecule has 0 atom stereocenters. The normalized spacial score (nSPS) is 10.4.